The lowest BCUT2D eigenvalue weighted by molar-refractivity contribution is -0.152. The number of benzene rings is 1. The predicted octanol–water partition coefficient (Wildman–Crippen LogP) is 2.22. The number of para-hydroxylation sites is 1. The van der Waals surface area contributed by atoms with Gasteiger partial charge in [-0.2, -0.15) is 0 Å². The van der Waals surface area contributed by atoms with E-state index in [0.717, 1.165) is 37.9 Å². The third-order valence-electron chi connectivity index (χ3n) is 5.34. The second-order valence-corrected chi connectivity index (χ2v) is 7.22. The molecule has 2 aromatic rings. The third-order valence-corrected chi connectivity index (χ3v) is 5.34. The number of anilines is 2. The maximum absolute atomic E-state index is 12.7. The van der Waals surface area contributed by atoms with Crippen LogP contribution < -0.4 is 9.80 Å². The standard InChI is InChI=1S/C21H24N4O3/c26-19(25-13-4-7-16-6-1-2-9-18(16)25)15-28-20(27)17-8-3-12-24(14-17)21-22-10-5-11-23-21/h1-2,5-6,9-11,17H,3-4,7-8,12-15H2. The van der Waals surface area contributed by atoms with Crippen molar-refractivity contribution in [1.82, 2.24) is 9.97 Å². The molecule has 0 saturated carbocycles. The monoisotopic (exact) mass is 380 g/mol. The Morgan fingerprint density at radius 1 is 1.07 bits per heavy atom. The summed E-state index contributed by atoms with van der Waals surface area (Å²) < 4.78 is 5.40. The van der Waals surface area contributed by atoms with E-state index >= 15 is 0 Å². The SMILES string of the molecule is O=C(OCC(=O)N1CCCc2ccccc21)C1CCCN(c2ncccn2)C1. The number of rotatable bonds is 4. The molecule has 7 heteroatoms. The summed E-state index contributed by atoms with van der Waals surface area (Å²) in [5, 5.41) is 0. The van der Waals surface area contributed by atoms with Crippen molar-refractivity contribution >= 4 is 23.5 Å². The van der Waals surface area contributed by atoms with Gasteiger partial charge < -0.3 is 14.5 Å². The number of piperidine rings is 1. The van der Waals surface area contributed by atoms with Crippen LogP contribution in [0.5, 0.6) is 0 Å². The average molecular weight is 380 g/mol. The van der Waals surface area contributed by atoms with Gasteiger partial charge in [0.15, 0.2) is 6.61 Å². The molecule has 0 radical (unpaired) electrons. The molecule has 0 aliphatic carbocycles. The van der Waals surface area contributed by atoms with Crippen molar-refractivity contribution in [3.05, 3.63) is 48.3 Å². The van der Waals surface area contributed by atoms with Crippen LogP contribution in [0.3, 0.4) is 0 Å². The fraction of sp³-hybridized carbons (Fsp3) is 0.429. The second kappa shape index (κ2) is 8.37. The van der Waals surface area contributed by atoms with Crippen LogP contribution in [-0.2, 0) is 20.7 Å². The Labute approximate surface area is 164 Å². The molecule has 2 aliphatic heterocycles. The molecule has 1 amide bonds. The number of aryl methyl sites for hydroxylation is 1. The lowest BCUT2D eigenvalue weighted by Gasteiger charge is -2.32. The molecule has 1 aromatic heterocycles. The van der Waals surface area contributed by atoms with Gasteiger partial charge in [-0.15, -0.1) is 0 Å². The van der Waals surface area contributed by atoms with Crippen LogP contribution in [0.1, 0.15) is 24.8 Å². The van der Waals surface area contributed by atoms with Gasteiger partial charge in [0.2, 0.25) is 5.95 Å². The normalized spacial score (nSPS) is 19.1. The van der Waals surface area contributed by atoms with Crippen molar-refractivity contribution < 1.29 is 14.3 Å². The summed E-state index contributed by atoms with van der Waals surface area (Å²) >= 11 is 0. The van der Waals surface area contributed by atoms with Gasteiger partial charge in [0.1, 0.15) is 0 Å². The first kappa shape index (κ1) is 18.4. The summed E-state index contributed by atoms with van der Waals surface area (Å²) in [6.45, 7) is 1.78. The summed E-state index contributed by atoms with van der Waals surface area (Å²) in [6, 6.07) is 9.68. The predicted molar refractivity (Wildman–Crippen MR) is 105 cm³/mol. The Bertz CT molecular complexity index is 843. The first-order chi connectivity index (χ1) is 13.7. The number of nitrogens with zero attached hydrogens (tertiary/aromatic N) is 4. The minimum Gasteiger partial charge on any atom is -0.455 e. The van der Waals surface area contributed by atoms with E-state index in [1.807, 2.05) is 29.2 Å². The number of amides is 1. The summed E-state index contributed by atoms with van der Waals surface area (Å²) in [4.78, 5) is 37.4. The molecule has 2 aliphatic rings. The Morgan fingerprint density at radius 2 is 1.89 bits per heavy atom. The maximum atomic E-state index is 12.7. The molecule has 1 fully saturated rings. The van der Waals surface area contributed by atoms with Gasteiger partial charge in [0.05, 0.1) is 5.92 Å². The van der Waals surface area contributed by atoms with Crippen LogP contribution in [0, 0.1) is 5.92 Å². The molecule has 1 unspecified atom stereocenters. The van der Waals surface area contributed by atoms with Crippen LogP contribution in [-0.4, -0.2) is 48.1 Å². The fourth-order valence-electron chi connectivity index (χ4n) is 3.93. The van der Waals surface area contributed by atoms with E-state index in [0.29, 0.717) is 19.0 Å². The van der Waals surface area contributed by atoms with Gasteiger partial charge in [-0.1, -0.05) is 18.2 Å². The molecule has 4 rings (SSSR count). The fourth-order valence-corrected chi connectivity index (χ4v) is 3.93. The van der Waals surface area contributed by atoms with E-state index in [1.54, 1.807) is 23.4 Å². The number of hydrogen-bond donors (Lipinski definition) is 0. The van der Waals surface area contributed by atoms with Crippen molar-refractivity contribution in [3.8, 4) is 0 Å². The van der Waals surface area contributed by atoms with Gasteiger partial charge in [-0.25, -0.2) is 9.97 Å². The number of hydrogen-bond acceptors (Lipinski definition) is 6. The van der Waals surface area contributed by atoms with Gasteiger partial charge in [0, 0.05) is 37.7 Å². The molecule has 1 atom stereocenters. The van der Waals surface area contributed by atoms with Gasteiger partial charge in [-0.3, -0.25) is 9.59 Å². The highest BCUT2D eigenvalue weighted by Crippen LogP contribution is 2.27. The molecular formula is C21H24N4O3. The molecule has 3 heterocycles. The Balaban J connectivity index is 1.34. The molecule has 146 valence electrons. The molecular weight excluding hydrogens is 356 g/mol. The van der Waals surface area contributed by atoms with Crippen LogP contribution in [0.15, 0.2) is 42.7 Å². The number of ether oxygens (including phenoxy) is 1. The highest BCUT2D eigenvalue weighted by molar-refractivity contribution is 5.96. The quantitative estimate of drug-likeness (QED) is 0.757. The lowest BCUT2D eigenvalue weighted by Crippen LogP contribution is -2.42. The zero-order valence-corrected chi connectivity index (χ0v) is 15.8. The minimum absolute atomic E-state index is 0.167. The molecule has 0 N–H and O–H groups in total. The maximum Gasteiger partial charge on any atom is 0.311 e. The molecule has 1 saturated heterocycles. The van der Waals surface area contributed by atoms with Crippen molar-refractivity contribution in [2.45, 2.75) is 25.7 Å². The van der Waals surface area contributed by atoms with Gasteiger partial charge >= 0.3 is 5.97 Å². The number of aromatic nitrogens is 2. The lowest BCUT2D eigenvalue weighted by atomic mass is 9.98. The summed E-state index contributed by atoms with van der Waals surface area (Å²) in [5.74, 6) is -0.126. The van der Waals surface area contributed by atoms with Crippen molar-refractivity contribution in [3.63, 3.8) is 0 Å². The Kier molecular flexibility index (Phi) is 5.50. The van der Waals surface area contributed by atoms with Crippen molar-refractivity contribution in [2.75, 3.05) is 36.0 Å². The van der Waals surface area contributed by atoms with Crippen molar-refractivity contribution in [1.29, 1.82) is 0 Å². The minimum atomic E-state index is -0.320. The van der Waals surface area contributed by atoms with E-state index in [1.165, 1.54) is 5.56 Å². The molecule has 7 nitrogen and oxygen atoms in total. The van der Waals surface area contributed by atoms with Crippen LogP contribution in [0.25, 0.3) is 0 Å². The highest BCUT2D eigenvalue weighted by Gasteiger charge is 2.29. The third kappa shape index (κ3) is 3.98. The average Bonchev–Trinajstić information content (AvgIpc) is 2.77. The zero-order valence-electron chi connectivity index (χ0n) is 15.8. The van der Waals surface area contributed by atoms with E-state index in [4.69, 9.17) is 4.74 Å². The summed E-state index contributed by atoms with van der Waals surface area (Å²) in [7, 11) is 0. The first-order valence-electron chi connectivity index (χ1n) is 9.79. The van der Waals surface area contributed by atoms with Gasteiger partial charge in [-0.05, 0) is 43.4 Å². The van der Waals surface area contributed by atoms with E-state index in [2.05, 4.69) is 9.97 Å². The Morgan fingerprint density at radius 3 is 2.75 bits per heavy atom. The first-order valence-corrected chi connectivity index (χ1v) is 9.79. The van der Waals surface area contributed by atoms with Crippen LogP contribution in [0.2, 0.25) is 0 Å². The smallest absolute Gasteiger partial charge is 0.311 e. The highest BCUT2D eigenvalue weighted by atomic mass is 16.5. The summed E-state index contributed by atoms with van der Waals surface area (Å²) in [5.41, 5.74) is 2.10. The largest absolute Gasteiger partial charge is 0.455 e. The van der Waals surface area contributed by atoms with Gasteiger partial charge in [0.25, 0.3) is 5.91 Å². The Hall–Kier alpha value is -2.96. The molecule has 0 bridgehead atoms. The van der Waals surface area contributed by atoms with Crippen LogP contribution >= 0.6 is 0 Å². The topological polar surface area (TPSA) is 75.6 Å². The van der Waals surface area contributed by atoms with E-state index in [-0.39, 0.29) is 24.4 Å². The number of carbonyl (C=O) groups excluding carboxylic acids is 2. The zero-order chi connectivity index (χ0) is 19.3. The van der Waals surface area contributed by atoms with Crippen LogP contribution in [0.4, 0.5) is 11.6 Å². The van der Waals surface area contributed by atoms with E-state index in [9.17, 15) is 9.59 Å². The number of fused-ring (bicyclic) bond motifs is 1. The van der Waals surface area contributed by atoms with E-state index < -0.39 is 0 Å². The number of carbonyl (C=O) groups is 2. The molecule has 28 heavy (non-hydrogen) atoms. The molecule has 1 aromatic carbocycles. The van der Waals surface area contributed by atoms with Crippen molar-refractivity contribution in [2.24, 2.45) is 5.92 Å². The molecule has 0 spiro atoms. The second-order valence-electron chi connectivity index (χ2n) is 7.22. The summed E-state index contributed by atoms with van der Waals surface area (Å²) in [6.07, 6.45) is 6.90. The number of esters is 1.